The van der Waals surface area contributed by atoms with Gasteiger partial charge in [0.1, 0.15) is 16.8 Å². The lowest BCUT2D eigenvalue weighted by molar-refractivity contribution is 0.243. The summed E-state index contributed by atoms with van der Waals surface area (Å²) in [6.45, 7) is 4.42. The first-order valence-electron chi connectivity index (χ1n) is 9.42. The number of rotatable bonds is 2. The highest BCUT2D eigenvalue weighted by Crippen LogP contribution is 2.69. The highest BCUT2D eigenvalue weighted by atomic mass is 127. The predicted octanol–water partition coefficient (Wildman–Crippen LogP) is 6.28. The molecule has 0 unspecified atom stereocenters. The molecule has 5 rings (SSSR count). The van der Waals surface area contributed by atoms with Gasteiger partial charge in [-0.15, -0.1) is 5.10 Å². The molecule has 0 radical (unpaired) electrons. The lowest BCUT2D eigenvalue weighted by Gasteiger charge is -2.37. The maximum Gasteiger partial charge on any atom is 0.142 e. The Hall–Kier alpha value is -1.67. The van der Waals surface area contributed by atoms with Crippen molar-refractivity contribution in [1.29, 1.82) is 0 Å². The van der Waals surface area contributed by atoms with E-state index in [2.05, 4.69) is 46.6 Å². The number of nitrogens with zero attached hydrogens (tertiary/aromatic N) is 3. The van der Waals surface area contributed by atoms with Crippen LogP contribution in [-0.2, 0) is 5.41 Å². The number of hydrogen-bond acceptors (Lipinski definition) is 3. The fourth-order valence-electron chi connectivity index (χ4n) is 5.41. The van der Waals surface area contributed by atoms with Crippen molar-refractivity contribution in [3.63, 3.8) is 0 Å². The molecule has 2 aliphatic rings. The average molecular weight is 524 g/mol. The first-order chi connectivity index (χ1) is 13.8. The predicted molar refractivity (Wildman–Crippen MR) is 116 cm³/mol. The molecule has 2 heterocycles. The molecule has 1 aromatic carbocycles. The van der Waals surface area contributed by atoms with Gasteiger partial charge in [0, 0.05) is 0 Å². The average Bonchev–Trinajstić information content (AvgIpc) is 3.05. The van der Waals surface area contributed by atoms with Gasteiger partial charge in [0.05, 0.1) is 31.6 Å². The minimum Gasteiger partial charge on any atom is -0.239 e. The van der Waals surface area contributed by atoms with Gasteiger partial charge in [0.15, 0.2) is 0 Å². The molecular formula is C22H17ClF2IN3. The standard InChI is InChI=1S/C22H17ClF2IN3/c1-21(2)12-8-9-22(21,17-7-6-15(26)20(23)27-17)19-11(12)10-16(28-29-19)18-13(24)4-3-5-14(18)25/h3-7,10,12H,8-9H2,1-2H3/t12-,22+/m0/s1. The van der Waals surface area contributed by atoms with Gasteiger partial charge < -0.3 is 0 Å². The van der Waals surface area contributed by atoms with Crippen LogP contribution in [0.15, 0.2) is 36.4 Å². The van der Waals surface area contributed by atoms with E-state index in [0.29, 0.717) is 5.15 Å². The molecule has 0 N–H and O–H groups in total. The van der Waals surface area contributed by atoms with E-state index in [-0.39, 0.29) is 22.6 Å². The normalized spacial score (nSPS) is 24.0. The lowest BCUT2D eigenvalue weighted by Crippen LogP contribution is -2.37. The van der Waals surface area contributed by atoms with Crippen LogP contribution in [0.5, 0.6) is 0 Å². The third-order valence-electron chi connectivity index (χ3n) is 6.84. The highest BCUT2D eigenvalue weighted by molar-refractivity contribution is 14.1. The summed E-state index contributed by atoms with van der Waals surface area (Å²) in [7, 11) is 0. The van der Waals surface area contributed by atoms with Gasteiger partial charge in [-0.25, -0.2) is 13.8 Å². The molecule has 2 atom stereocenters. The number of benzene rings is 1. The number of fused-ring (bicyclic) bond motifs is 5. The summed E-state index contributed by atoms with van der Waals surface area (Å²) in [4.78, 5) is 4.70. The van der Waals surface area contributed by atoms with E-state index in [4.69, 9.17) is 16.6 Å². The summed E-state index contributed by atoms with van der Waals surface area (Å²) in [5.74, 6) is -1.06. The molecule has 3 aromatic rings. The second-order valence-electron chi connectivity index (χ2n) is 8.32. The molecule has 1 fully saturated rings. The van der Waals surface area contributed by atoms with Gasteiger partial charge in [-0.1, -0.05) is 31.5 Å². The Balaban J connectivity index is 1.73. The van der Waals surface area contributed by atoms with Gasteiger partial charge in [0.2, 0.25) is 0 Å². The van der Waals surface area contributed by atoms with Gasteiger partial charge >= 0.3 is 0 Å². The largest absolute Gasteiger partial charge is 0.239 e. The van der Waals surface area contributed by atoms with Gasteiger partial charge in [0.25, 0.3) is 0 Å². The number of pyridine rings is 1. The summed E-state index contributed by atoms with van der Waals surface area (Å²) < 4.78 is 29.5. The van der Waals surface area contributed by atoms with Crippen LogP contribution < -0.4 is 0 Å². The molecule has 0 aliphatic heterocycles. The summed E-state index contributed by atoms with van der Waals surface area (Å²) in [5, 5.41) is 9.25. The van der Waals surface area contributed by atoms with Crippen molar-refractivity contribution in [2.24, 2.45) is 5.41 Å². The summed E-state index contributed by atoms with van der Waals surface area (Å²) in [6.07, 6.45) is 1.85. The Bertz CT molecular complexity index is 1150. The smallest absolute Gasteiger partial charge is 0.142 e. The Kier molecular flexibility index (Phi) is 4.27. The van der Waals surface area contributed by atoms with E-state index in [1.807, 2.05) is 18.2 Å². The molecule has 29 heavy (non-hydrogen) atoms. The first-order valence-corrected chi connectivity index (χ1v) is 10.9. The third kappa shape index (κ3) is 2.48. The van der Waals surface area contributed by atoms with Crippen LogP contribution >= 0.6 is 34.2 Å². The maximum absolute atomic E-state index is 14.3. The summed E-state index contributed by atoms with van der Waals surface area (Å²) >= 11 is 8.51. The van der Waals surface area contributed by atoms with Crippen molar-refractivity contribution < 1.29 is 8.78 Å². The molecule has 2 aromatic heterocycles. The first kappa shape index (κ1) is 19.3. The molecule has 7 heteroatoms. The van der Waals surface area contributed by atoms with E-state index in [1.165, 1.54) is 18.2 Å². The second kappa shape index (κ2) is 6.41. The Morgan fingerprint density at radius 2 is 1.83 bits per heavy atom. The van der Waals surface area contributed by atoms with Crippen LogP contribution in [0.3, 0.4) is 0 Å². The Labute approximate surface area is 186 Å². The minimum absolute atomic E-state index is 0.132. The molecule has 2 aliphatic carbocycles. The van der Waals surface area contributed by atoms with Crippen LogP contribution in [0.1, 0.15) is 49.6 Å². The van der Waals surface area contributed by atoms with E-state index in [1.54, 1.807) is 0 Å². The molecule has 2 bridgehead atoms. The van der Waals surface area contributed by atoms with Gasteiger partial charge in [-0.2, -0.15) is 5.10 Å². The second-order valence-corrected chi connectivity index (χ2v) is 9.84. The van der Waals surface area contributed by atoms with E-state index < -0.39 is 17.0 Å². The quantitative estimate of drug-likeness (QED) is 0.293. The van der Waals surface area contributed by atoms with Crippen LogP contribution in [0.25, 0.3) is 11.3 Å². The molecule has 0 amide bonds. The highest BCUT2D eigenvalue weighted by Gasteiger charge is 2.65. The minimum atomic E-state index is -0.637. The molecule has 0 saturated heterocycles. The maximum atomic E-state index is 14.3. The molecule has 148 valence electrons. The van der Waals surface area contributed by atoms with Crippen LogP contribution in [-0.4, -0.2) is 15.2 Å². The Morgan fingerprint density at radius 3 is 2.52 bits per heavy atom. The fraction of sp³-hybridized carbons (Fsp3) is 0.318. The monoisotopic (exact) mass is 523 g/mol. The molecule has 3 nitrogen and oxygen atoms in total. The third-order valence-corrected chi connectivity index (χ3v) is 8.32. The topological polar surface area (TPSA) is 38.7 Å². The van der Waals surface area contributed by atoms with E-state index >= 15 is 0 Å². The zero-order valence-corrected chi connectivity index (χ0v) is 18.7. The SMILES string of the molecule is CC1(C)[C@H]2CC[C@@]1(c1ccc(I)c(Cl)n1)c1nnc(-c3c(F)cccc3F)cc12. The van der Waals surface area contributed by atoms with Crippen LogP contribution in [0.4, 0.5) is 8.78 Å². The summed E-state index contributed by atoms with van der Waals surface area (Å²) in [5.41, 5.74) is 2.25. The van der Waals surface area contributed by atoms with Crippen molar-refractivity contribution in [3.05, 3.63) is 73.7 Å². The van der Waals surface area contributed by atoms with Crippen molar-refractivity contribution in [1.82, 2.24) is 15.2 Å². The Morgan fingerprint density at radius 1 is 1.10 bits per heavy atom. The van der Waals surface area contributed by atoms with Crippen molar-refractivity contribution >= 4 is 34.2 Å². The zero-order valence-electron chi connectivity index (χ0n) is 15.8. The molecule has 1 saturated carbocycles. The van der Waals surface area contributed by atoms with Gasteiger partial charge in [-0.05, 0) is 82.7 Å². The number of aromatic nitrogens is 3. The van der Waals surface area contributed by atoms with E-state index in [9.17, 15) is 8.78 Å². The van der Waals surface area contributed by atoms with Crippen molar-refractivity contribution in [2.75, 3.05) is 0 Å². The van der Waals surface area contributed by atoms with Crippen molar-refractivity contribution in [2.45, 2.75) is 38.0 Å². The van der Waals surface area contributed by atoms with Crippen LogP contribution in [0, 0.1) is 20.6 Å². The fourth-order valence-corrected chi connectivity index (χ4v) is 5.87. The van der Waals surface area contributed by atoms with E-state index in [0.717, 1.165) is 33.4 Å². The number of hydrogen-bond donors (Lipinski definition) is 0. The van der Waals surface area contributed by atoms with Crippen molar-refractivity contribution in [3.8, 4) is 11.3 Å². The number of halogens is 4. The zero-order chi connectivity index (χ0) is 20.6. The lowest BCUT2D eigenvalue weighted by atomic mass is 9.66. The van der Waals surface area contributed by atoms with Crippen LogP contribution in [0.2, 0.25) is 5.15 Å². The summed E-state index contributed by atoms with van der Waals surface area (Å²) in [6, 6.07) is 9.62. The molecule has 0 spiro atoms. The molecular weight excluding hydrogens is 507 g/mol. The van der Waals surface area contributed by atoms with Gasteiger partial charge in [-0.3, -0.25) is 0 Å².